The molecule has 8 heteroatoms. The van der Waals surface area contributed by atoms with E-state index < -0.39 is 36.2 Å². The Kier molecular flexibility index (Phi) is 11.4. The number of carbonyl (C=O) groups excluding carboxylic acids is 2. The van der Waals surface area contributed by atoms with E-state index in [1.165, 1.54) is 0 Å². The lowest BCUT2D eigenvalue weighted by Crippen LogP contribution is -2.44. The molecule has 0 heterocycles. The molecule has 2 rings (SSSR count). The van der Waals surface area contributed by atoms with Gasteiger partial charge in [0.2, 0.25) is 12.6 Å². The zero-order valence-corrected chi connectivity index (χ0v) is 22.1. The molecule has 0 aliphatic carbocycles. The van der Waals surface area contributed by atoms with Gasteiger partial charge < -0.3 is 28.4 Å². The fourth-order valence-corrected chi connectivity index (χ4v) is 4.03. The van der Waals surface area contributed by atoms with Gasteiger partial charge in [-0.05, 0) is 32.9 Å². The first kappa shape index (κ1) is 29.6. The van der Waals surface area contributed by atoms with E-state index in [1.807, 2.05) is 57.2 Å². The van der Waals surface area contributed by atoms with Gasteiger partial charge in [-0.3, -0.25) is 0 Å². The quantitative estimate of drug-likeness (QED) is 0.180. The van der Waals surface area contributed by atoms with Gasteiger partial charge in [0.1, 0.15) is 11.5 Å². The third-order valence-electron chi connectivity index (χ3n) is 5.42. The summed E-state index contributed by atoms with van der Waals surface area (Å²) in [5.41, 5.74) is 0.0413. The molecule has 37 heavy (non-hydrogen) atoms. The van der Waals surface area contributed by atoms with Crippen LogP contribution in [-0.2, 0) is 34.1 Å². The fourth-order valence-electron chi connectivity index (χ4n) is 4.03. The molecule has 0 amide bonds. The molecule has 0 saturated carbocycles. The van der Waals surface area contributed by atoms with E-state index in [4.69, 9.17) is 28.4 Å². The van der Waals surface area contributed by atoms with Crippen molar-refractivity contribution in [2.75, 3.05) is 13.2 Å². The van der Waals surface area contributed by atoms with Crippen LogP contribution in [-0.4, -0.2) is 43.8 Å². The second-order valence-electron chi connectivity index (χ2n) is 7.91. The van der Waals surface area contributed by atoms with Crippen LogP contribution < -0.4 is 9.47 Å². The molecule has 0 aliphatic heterocycles. The van der Waals surface area contributed by atoms with Crippen molar-refractivity contribution in [1.29, 1.82) is 0 Å². The van der Waals surface area contributed by atoms with Crippen molar-refractivity contribution in [3.8, 4) is 11.5 Å². The lowest BCUT2D eigenvalue weighted by atomic mass is 9.80. The van der Waals surface area contributed by atoms with Crippen LogP contribution in [0.1, 0.15) is 45.7 Å². The van der Waals surface area contributed by atoms with Gasteiger partial charge in [-0.25, -0.2) is 9.59 Å². The molecule has 0 N–H and O–H groups in total. The molecule has 2 aromatic carbocycles. The maximum Gasteiger partial charge on any atom is 0.333 e. The van der Waals surface area contributed by atoms with Gasteiger partial charge in [-0.15, -0.1) is 0 Å². The highest BCUT2D eigenvalue weighted by Gasteiger charge is 2.46. The molecule has 0 aromatic heterocycles. The molecule has 3 atom stereocenters. The molecular weight excluding hydrogens is 476 g/mol. The zero-order valence-electron chi connectivity index (χ0n) is 22.1. The van der Waals surface area contributed by atoms with Gasteiger partial charge in [-0.1, -0.05) is 49.6 Å². The number of benzene rings is 2. The van der Waals surface area contributed by atoms with E-state index in [0.717, 1.165) is 12.2 Å². The Balaban J connectivity index is 2.71. The number of ether oxygens (including phenoxy) is 6. The summed E-state index contributed by atoms with van der Waals surface area (Å²) in [6.45, 7) is 16.5. The Morgan fingerprint density at radius 3 is 1.59 bits per heavy atom. The van der Waals surface area contributed by atoms with Gasteiger partial charge in [0, 0.05) is 50.3 Å². The molecule has 8 nitrogen and oxygen atoms in total. The molecule has 0 aliphatic rings. The van der Waals surface area contributed by atoms with E-state index >= 15 is 0 Å². The van der Waals surface area contributed by atoms with E-state index in [2.05, 4.69) is 13.2 Å². The van der Waals surface area contributed by atoms with Crippen LogP contribution in [0, 0.1) is 0 Å². The first-order chi connectivity index (χ1) is 17.7. The second-order valence-corrected chi connectivity index (χ2v) is 7.91. The molecule has 0 spiro atoms. The minimum atomic E-state index is -1.22. The minimum absolute atomic E-state index is 0.322. The third kappa shape index (κ3) is 7.44. The van der Waals surface area contributed by atoms with Crippen LogP contribution in [0.4, 0.5) is 0 Å². The van der Waals surface area contributed by atoms with Crippen molar-refractivity contribution in [2.45, 2.75) is 58.9 Å². The normalized spacial score (nSPS) is 14.8. The maximum atomic E-state index is 11.7. The Hall–Kier alpha value is -3.62. The van der Waals surface area contributed by atoms with E-state index in [1.54, 1.807) is 26.0 Å². The summed E-state index contributed by atoms with van der Waals surface area (Å²) in [7, 11) is 0. The summed E-state index contributed by atoms with van der Waals surface area (Å²) in [6.07, 6.45) is -0.191. The molecular formula is C29H36O8. The summed E-state index contributed by atoms with van der Waals surface area (Å²) in [5, 5.41) is 0. The predicted molar refractivity (Wildman–Crippen MR) is 139 cm³/mol. The second kappa shape index (κ2) is 14.2. The van der Waals surface area contributed by atoms with Crippen molar-refractivity contribution < 1.29 is 38.0 Å². The first-order valence-corrected chi connectivity index (χ1v) is 12.2. The van der Waals surface area contributed by atoms with Gasteiger partial charge in [0.15, 0.2) is 5.60 Å². The van der Waals surface area contributed by atoms with Crippen LogP contribution >= 0.6 is 0 Å². The largest absolute Gasteiger partial charge is 0.455 e. The topological polar surface area (TPSA) is 89.5 Å². The lowest BCUT2D eigenvalue weighted by molar-refractivity contribution is -0.156. The third-order valence-corrected chi connectivity index (χ3v) is 5.42. The van der Waals surface area contributed by atoms with Crippen molar-refractivity contribution in [2.24, 2.45) is 0 Å². The van der Waals surface area contributed by atoms with Crippen molar-refractivity contribution in [3.05, 3.63) is 85.0 Å². The predicted octanol–water partition coefficient (Wildman–Crippen LogP) is 5.30. The van der Waals surface area contributed by atoms with Crippen LogP contribution in [0.5, 0.6) is 11.5 Å². The monoisotopic (exact) mass is 512 g/mol. The molecule has 3 unspecified atom stereocenters. The van der Waals surface area contributed by atoms with E-state index in [9.17, 15) is 9.59 Å². The summed E-state index contributed by atoms with van der Waals surface area (Å²) >= 11 is 0. The summed E-state index contributed by atoms with van der Waals surface area (Å²) in [5.74, 6) is -0.364. The van der Waals surface area contributed by atoms with Gasteiger partial charge >= 0.3 is 11.9 Å². The van der Waals surface area contributed by atoms with Crippen LogP contribution in [0.15, 0.2) is 73.8 Å². The van der Waals surface area contributed by atoms with Crippen LogP contribution in [0.3, 0.4) is 0 Å². The smallest absolute Gasteiger partial charge is 0.333 e. The molecule has 0 fully saturated rings. The Bertz CT molecular complexity index is 990. The number of para-hydroxylation sites is 2. The summed E-state index contributed by atoms with van der Waals surface area (Å²) in [6, 6.07) is 14.6. The van der Waals surface area contributed by atoms with Gasteiger partial charge in [0.25, 0.3) is 0 Å². The van der Waals surface area contributed by atoms with Gasteiger partial charge in [-0.2, -0.15) is 0 Å². The SMILES string of the molecule is C=CC(=O)OC(C)Oc1ccccc1C(OCC)(c1ccccc1OC(C)OC(=O)C=C)C(C)OCC. The van der Waals surface area contributed by atoms with Crippen molar-refractivity contribution in [1.82, 2.24) is 0 Å². The Morgan fingerprint density at radius 2 is 1.22 bits per heavy atom. The molecule has 200 valence electrons. The number of carbonyl (C=O) groups is 2. The number of hydrogen-bond acceptors (Lipinski definition) is 8. The van der Waals surface area contributed by atoms with E-state index in [-0.39, 0.29) is 0 Å². The van der Waals surface area contributed by atoms with Crippen LogP contribution in [0.25, 0.3) is 0 Å². The summed E-state index contributed by atoms with van der Waals surface area (Å²) < 4.78 is 35.2. The summed E-state index contributed by atoms with van der Waals surface area (Å²) in [4.78, 5) is 23.5. The highest BCUT2D eigenvalue weighted by molar-refractivity contribution is 5.81. The maximum absolute atomic E-state index is 11.7. The highest BCUT2D eigenvalue weighted by Crippen LogP contribution is 2.46. The van der Waals surface area contributed by atoms with Gasteiger partial charge in [0.05, 0.1) is 6.10 Å². The van der Waals surface area contributed by atoms with Crippen LogP contribution in [0.2, 0.25) is 0 Å². The Morgan fingerprint density at radius 1 is 0.784 bits per heavy atom. The van der Waals surface area contributed by atoms with E-state index in [0.29, 0.717) is 35.8 Å². The standard InChI is InChI=1S/C29H36O8/c1-8-27(30)36-21(6)34-25-18-14-12-16-23(25)29(33-11-4,20(5)32-10-3)24-17-13-15-19-26(24)35-22(7)37-28(31)9-2/h8-9,12-22H,1-2,10-11H2,3-7H3. The molecule has 0 radical (unpaired) electrons. The first-order valence-electron chi connectivity index (χ1n) is 12.2. The Labute approximate surface area is 218 Å². The number of esters is 2. The van der Waals surface area contributed by atoms with Crippen molar-refractivity contribution in [3.63, 3.8) is 0 Å². The fraction of sp³-hybridized carbons (Fsp3) is 0.379. The zero-order chi connectivity index (χ0) is 27.4. The average Bonchev–Trinajstić information content (AvgIpc) is 2.88. The minimum Gasteiger partial charge on any atom is -0.455 e. The average molecular weight is 513 g/mol. The highest BCUT2D eigenvalue weighted by atomic mass is 16.7. The number of hydrogen-bond donors (Lipinski definition) is 0. The lowest BCUT2D eigenvalue weighted by Gasteiger charge is -2.41. The molecule has 0 bridgehead atoms. The van der Waals surface area contributed by atoms with Crippen molar-refractivity contribution >= 4 is 11.9 Å². The number of rotatable bonds is 15. The molecule has 0 saturated heterocycles. The molecule has 2 aromatic rings.